The Morgan fingerprint density at radius 3 is 2.38 bits per heavy atom. The summed E-state index contributed by atoms with van der Waals surface area (Å²) in [6.45, 7) is -0.816. The van der Waals surface area contributed by atoms with Gasteiger partial charge in [0.25, 0.3) is 5.91 Å². The summed E-state index contributed by atoms with van der Waals surface area (Å²) in [7, 11) is 1.42. The molecule has 0 atom stereocenters. The van der Waals surface area contributed by atoms with Crippen LogP contribution in [0, 0.1) is 11.6 Å². The Balaban J connectivity index is 1.79. The van der Waals surface area contributed by atoms with Crippen LogP contribution in [0.3, 0.4) is 0 Å². The van der Waals surface area contributed by atoms with Crippen LogP contribution in [0.25, 0.3) is 0 Å². The molecule has 0 bridgehead atoms. The van der Waals surface area contributed by atoms with Gasteiger partial charge in [-0.25, -0.2) is 8.78 Å². The lowest BCUT2D eigenvalue weighted by Crippen LogP contribution is -2.42. The van der Waals surface area contributed by atoms with Gasteiger partial charge in [-0.1, -0.05) is 29.3 Å². The summed E-state index contributed by atoms with van der Waals surface area (Å²) in [5.74, 6) is -3.14. The molecule has 0 aromatic heterocycles. The lowest BCUT2D eigenvalue weighted by Gasteiger charge is -2.18. The van der Waals surface area contributed by atoms with E-state index in [0.717, 1.165) is 12.1 Å². The molecule has 154 valence electrons. The number of amides is 3. The van der Waals surface area contributed by atoms with E-state index < -0.39 is 29.4 Å². The van der Waals surface area contributed by atoms with Crippen LogP contribution in [0.1, 0.15) is 15.9 Å². The van der Waals surface area contributed by atoms with Crippen molar-refractivity contribution in [1.82, 2.24) is 15.5 Å². The molecule has 0 fully saturated rings. The number of benzene rings is 2. The summed E-state index contributed by atoms with van der Waals surface area (Å²) >= 11 is 11.7. The molecule has 2 aromatic carbocycles. The van der Waals surface area contributed by atoms with Crippen molar-refractivity contribution in [1.29, 1.82) is 0 Å². The number of hydrogen-bond donors (Lipinski definition) is 2. The fourth-order valence-electron chi connectivity index (χ4n) is 2.29. The number of carbonyl (C=O) groups excluding carboxylic acids is 3. The van der Waals surface area contributed by atoms with E-state index in [9.17, 15) is 23.2 Å². The van der Waals surface area contributed by atoms with Gasteiger partial charge in [-0.3, -0.25) is 14.4 Å². The SMILES string of the molecule is CN(Cc1ccc(F)cc1F)C(=O)CNC(=O)CNC(=O)c1ccc(Cl)cc1Cl. The van der Waals surface area contributed by atoms with E-state index in [1.165, 1.54) is 36.2 Å². The number of nitrogens with zero attached hydrogens (tertiary/aromatic N) is 1. The Morgan fingerprint density at radius 2 is 1.72 bits per heavy atom. The first-order chi connectivity index (χ1) is 13.7. The third-order valence-corrected chi connectivity index (χ3v) is 4.42. The van der Waals surface area contributed by atoms with Crippen LogP contribution in [0.15, 0.2) is 36.4 Å². The van der Waals surface area contributed by atoms with E-state index in [4.69, 9.17) is 23.2 Å². The fraction of sp³-hybridized carbons (Fsp3) is 0.211. The zero-order chi connectivity index (χ0) is 21.6. The maximum Gasteiger partial charge on any atom is 0.253 e. The lowest BCUT2D eigenvalue weighted by molar-refractivity contribution is -0.132. The Hall–Kier alpha value is -2.71. The van der Waals surface area contributed by atoms with E-state index in [1.807, 2.05) is 0 Å². The van der Waals surface area contributed by atoms with Gasteiger partial charge in [-0.2, -0.15) is 0 Å². The van der Waals surface area contributed by atoms with Crippen molar-refractivity contribution >= 4 is 40.9 Å². The molecule has 2 aromatic rings. The van der Waals surface area contributed by atoms with E-state index in [0.29, 0.717) is 5.02 Å². The zero-order valence-corrected chi connectivity index (χ0v) is 16.8. The number of nitrogens with one attached hydrogen (secondary N) is 2. The van der Waals surface area contributed by atoms with Crippen LogP contribution in [-0.4, -0.2) is 42.8 Å². The molecule has 0 spiro atoms. The van der Waals surface area contributed by atoms with Crippen molar-refractivity contribution in [2.24, 2.45) is 0 Å². The molecule has 2 rings (SSSR count). The predicted octanol–water partition coefficient (Wildman–Crippen LogP) is 2.78. The van der Waals surface area contributed by atoms with E-state index >= 15 is 0 Å². The van der Waals surface area contributed by atoms with Gasteiger partial charge < -0.3 is 15.5 Å². The van der Waals surface area contributed by atoms with E-state index in [1.54, 1.807) is 0 Å². The van der Waals surface area contributed by atoms with Gasteiger partial charge in [-0.15, -0.1) is 0 Å². The van der Waals surface area contributed by atoms with E-state index in [-0.39, 0.29) is 35.8 Å². The average Bonchev–Trinajstić information content (AvgIpc) is 2.66. The maximum atomic E-state index is 13.7. The number of hydrogen-bond acceptors (Lipinski definition) is 3. The zero-order valence-electron chi connectivity index (χ0n) is 15.3. The first-order valence-corrected chi connectivity index (χ1v) is 9.11. The summed E-state index contributed by atoms with van der Waals surface area (Å²) in [5, 5.41) is 5.23. The van der Waals surface area contributed by atoms with Crippen molar-refractivity contribution in [3.63, 3.8) is 0 Å². The molecule has 6 nitrogen and oxygen atoms in total. The Kier molecular flexibility index (Phi) is 7.92. The fourth-order valence-corrected chi connectivity index (χ4v) is 2.79. The third kappa shape index (κ3) is 6.69. The Morgan fingerprint density at radius 1 is 1.00 bits per heavy atom. The van der Waals surface area contributed by atoms with Crippen LogP contribution < -0.4 is 10.6 Å². The van der Waals surface area contributed by atoms with Crippen LogP contribution >= 0.6 is 23.2 Å². The molecule has 0 saturated carbocycles. The monoisotopic (exact) mass is 443 g/mol. The summed E-state index contributed by atoms with van der Waals surface area (Å²) in [4.78, 5) is 37.1. The Labute approximate surface area is 175 Å². The first-order valence-electron chi connectivity index (χ1n) is 8.35. The largest absolute Gasteiger partial charge is 0.345 e. The van der Waals surface area contributed by atoms with Crippen LogP contribution in [0.4, 0.5) is 8.78 Å². The molecule has 0 aliphatic rings. The van der Waals surface area contributed by atoms with Crippen LogP contribution in [0.2, 0.25) is 10.0 Å². The second kappa shape index (κ2) is 10.2. The van der Waals surface area contributed by atoms with Crippen LogP contribution in [0.5, 0.6) is 0 Å². The third-order valence-electron chi connectivity index (χ3n) is 3.87. The van der Waals surface area contributed by atoms with Gasteiger partial charge in [0.05, 0.1) is 23.7 Å². The molecule has 3 amide bonds. The summed E-state index contributed by atoms with van der Waals surface area (Å²) < 4.78 is 26.6. The van der Waals surface area contributed by atoms with Gasteiger partial charge >= 0.3 is 0 Å². The molecular weight excluding hydrogens is 427 g/mol. The van der Waals surface area contributed by atoms with Gasteiger partial charge in [0, 0.05) is 30.2 Å². The van der Waals surface area contributed by atoms with Gasteiger partial charge in [-0.05, 0) is 24.3 Å². The maximum absolute atomic E-state index is 13.7. The highest BCUT2D eigenvalue weighted by molar-refractivity contribution is 6.36. The highest BCUT2D eigenvalue weighted by Crippen LogP contribution is 2.20. The topological polar surface area (TPSA) is 78.5 Å². The predicted molar refractivity (Wildman–Crippen MR) is 105 cm³/mol. The molecular formula is C19H17Cl2F2N3O3. The second-order valence-corrected chi connectivity index (χ2v) is 6.91. The molecule has 0 heterocycles. The number of likely N-dealkylation sites (N-methyl/N-ethyl adjacent to an activating group) is 1. The minimum atomic E-state index is -0.766. The highest BCUT2D eigenvalue weighted by atomic mass is 35.5. The molecule has 0 saturated heterocycles. The molecule has 0 unspecified atom stereocenters. The summed E-state index contributed by atoms with van der Waals surface area (Å²) in [6.07, 6.45) is 0. The van der Waals surface area contributed by atoms with Gasteiger partial charge in [0.2, 0.25) is 11.8 Å². The van der Waals surface area contributed by atoms with Crippen molar-refractivity contribution in [2.75, 3.05) is 20.1 Å². The van der Waals surface area contributed by atoms with Crippen LogP contribution in [-0.2, 0) is 16.1 Å². The molecule has 0 aliphatic carbocycles. The quantitative estimate of drug-likeness (QED) is 0.690. The highest BCUT2D eigenvalue weighted by Gasteiger charge is 2.15. The average molecular weight is 444 g/mol. The molecule has 2 N–H and O–H groups in total. The van der Waals surface area contributed by atoms with Gasteiger partial charge in [0.1, 0.15) is 11.6 Å². The molecule has 10 heteroatoms. The lowest BCUT2D eigenvalue weighted by atomic mass is 10.2. The molecule has 0 aliphatic heterocycles. The summed E-state index contributed by atoms with van der Waals surface area (Å²) in [6, 6.07) is 7.37. The smallest absolute Gasteiger partial charge is 0.253 e. The minimum Gasteiger partial charge on any atom is -0.345 e. The second-order valence-electron chi connectivity index (χ2n) is 6.07. The number of carbonyl (C=O) groups is 3. The minimum absolute atomic E-state index is 0.0907. The van der Waals surface area contributed by atoms with Crippen molar-refractivity contribution in [3.8, 4) is 0 Å². The standard InChI is InChI=1S/C19H17Cl2F2N3O3/c1-26(10-11-2-4-13(22)7-16(11)23)18(28)9-24-17(27)8-25-19(29)14-5-3-12(20)6-15(14)21/h2-7H,8-10H2,1H3,(H,24,27)(H,25,29). The van der Waals surface area contributed by atoms with Crippen molar-refractivity contribution < 1.29 is 23.2 Å². The van der Waals surface area contributed by atoms with Gasteiger partial charge in [0.15, 0.2) is 0 Å². The molecule has 0 radical (unpaired) electrons. The summed E-state index contributed by atoms with van der Waals surface area (Å²) in [5.41, 5.74) is 0.293. The van der Waals surface area contributed by atoms with Crippen molar-refractivity contribution in [3.05, 3.63) is 69.2 Å². The normalized spacial score (nSPS) is 10.4. The Bertz CT molecular complexity index is 941. The molecule has 29 heavy (non-hydrogen) atoms. The van der Waals surface area contributed by atoms with E-state index in [2.05, 4.69) is 10.6 Å². The first kappa shape index (κ1) is 22.6. The van der Waals surface area contributed by atoms with Crippen molar-refractivity contribution in [2.45, 2.75) is 6.54 Å². The number of halogens is 4. The number of rotatable bonds is 7.